The van der Waals surface area contributed by atoms with E-state index >= 15 is 0 Å². The van der Waals surface area contributed by atoms with Gasteiger partial charge in [-0.15, -0.1) is 0 Å². The van der Waals surface area contributed by atoms with Gasteiger partial charge in [0, 0.05) is 12.6 Å². The second kappa shape index (κ2) is 6.02. The molecule has 0 aliphatic rings. The first-order chi connectivity index (χ1) is 7.63. The number of aryl methyl sites for hydroxylation is 1. The third-order valence-corrected chi connectivity index (χ3v) is 2.09. The van der Waals surface area contributed by atoms with Crippen molar-refractivity contribution in [2.24, 2.45) is 12.1 Å². The Bertz CT molecular complexity index is 406. The van der Waals surface area contributed by atoms with Gasteiger partial charge in [0.25, 0.3) is 0 Å². The molecule has 0 bridgehead atoms. The van der Waals surface area contributed by atoms with E-state index in [1.165, 1.54) is 0 Å². The molecule has 6 heteroatoms. The van der Waals surface area contributed by atoms with Crippen molar-refractivity contribution < 1.29 is 9.67 Å². The zero-order valence-corrected chi connectivity index (χ0v) is 10.1. The lowest BCUT2D eigenvalue weighted by Crippen LogP contribution is -2.34. The molecule has 1 heterocycles. The summed E-state index contributed by atoms with van der Waals surface area (Å²) in [5, 5.41) is 16.6. The monoisotopic (exact) mass is 239 g/mol. The summed E-state index contributed by atoms with van der Waals surface area (Å²) in [6.07, 6.45) is 3.23. The Balaban J connectivity index is 2.59. The van der Waals surface area contributed by atoms with Gasteiger partial charge in [0.05, 0.1) is 0 Å². The van der Waals surface area contributed by atoms with Gasteiger partial charge in [-0.2, -0.15) is 9.67 Å². The molecule has 1 aromatic heterocycles. The molecule has 0 amide bonds. The molecule has 0 aliphatic carbocycles. The zero-order valence-electron chi connectivity index (χ0n) is 9.27. The Hall–Kier alpha value is -1.69. The molecule has 1 rings (SSSR count). The van der Waals surface area contributed by atoms with Gasteiger partial charge in [0.1, 0.15) is 13.3 Å². The first-order valence-corrected chi connectivity index (χ1v) is 5.30. The fraction of sp³-hybridized carbons (Fsp3) is 0.300. The molecule has 86 valence electrons. The van der Waals surface area contributed by atoms with Crippen molar-refractivity contribution in [3.63, 3.8) is 0 Å². The summed E-state index contributed by atoms with van der Waals surface area (Å²) in [7, 11) is 1.82. The zero-order chi connectivity index (χ0) is 12.0. The number of hydrazone groups is 1. The largest absolute Gasteiger partial charge is 0.503 e. The average Bonchev–Trinajstić information content (AvgIpc) is 2.22. The van der Waals surface area contributed by atoms with Crippen LogP contribution in [0, 0.1) is 0 Å². The summed E-state index contributed by atoms with van der Waals surface area (Å²) in [6, 6.07) is 3.36. The van der Waals surface area contributed by atoms with E-state index in [-0.39, 0.29) is 5.75 Å². The predicted molar refractivity (Wildman–Crippen MR) is 66.3 cm³/mol. The molecule has 0 saturated heterocycles. The van der Waals surface area contributed by atoms with Crippen molar-refractivity contribution in [3.8, 4) is 5.75 Å². The summed E-state index contributed by atoms with van der Waals surface area (Å²) < 4.78 is 1.76. The van der Waals surface area contributed by atoms with Crippen LogP contribution in [0.1, 0.15) is 12.6 Å². The number of hydrogen-bond acceptors (Lipinski definition) is 3. The molecule has 0 atom stereocenters. The molecule has 5 nitrogen and oxygen atoms in total. The fourth-order valence-electron chi connectivity index (χ4n) is 1.10. The maximum absolute atomic E-state index is 9.21. The Morgan fingerprint density at radius 2 is 2.38 bits per heavy atom. The van der Waals surface area contributed by atoms with E-state index < -0.39 is 0 Å². The van der Waals surface area contributed by atoms with Gasteiger partial charge in [-0.05, 0) is 25.2 Å². The molecular formula is C10H15N4OS+. The molecule has 0 aromatic carbocycles. The highest BCUT2D eigenvalue weighted by Crippen LogP contribution is 2.02. The van der Waals surface area contributed by atoms with Crippen molar-refractivity contribution in [2.45, 2.75) is 6.92 Å². The second-order valence-corrected chi connectivity index (χ2v) is 3.56. The third-order valence-electron chi connectivity index (χ3n) is 1.86. The topological polar surface area (TPSA) is 60.5 Å². The molecule has 0 aliphatic heterocycles. The van der Waals surface area contributed by atoms with Crippen LogP contribution in [0.25, 0.3) is 0 Å². The van der Waals surface area contributed by atoms with E-state index in [9.17, 15) is 5.11 Å². The quantitative estimate of drug-likeness (QED) is 0.301. The molecule has 0 spiro atoms. The van der Waals surface area contributed by atoms with Crippen LogP contribution in [0.15, 0.2) is 23.4 Å². The lowest BCUT2D eigenvalue weighted by molar-refractivity contribution is -0.672. The Morgan fingerprint density at radius 3 is 3.00 bits per heavy atom. The minimum Gasteiger partial charge on any atom is -0.503 e. The number of aromatic hydroxyl groups is 1. The minimum absolute atomic E-state index is 0.218. The van der Waals surface area contributed by atoms with Crippen LogP contribution >= 0.6 is 12.2 Å². The van der Waals surface area contributed by atoms with Crippen molar-refractivity contribution in [2.75, 3.05) is 6.54 Å². The average molecular weight is 239 g/mol. The highest BCUT2D eigenvalue weighted by atomic mass is 32.1. The smallest absolute Gasteiger partial charge is 0.225 e. The van der Waals surface area contributed by atoms with Crippen LogP contribution < -0.4 is 15.3 Å². The number of nitrogens with one attached hydrogen (secondary N) is 2. The highest BCUT2D eigenvalue weighted by molar-refractivity contribution is 7.80. The summed E-state index contributed by atoms with van der Waals surface area (Å²) in [5.41, 5.74) is 3.54. The highest BCUT2D eigenvalue weighted by Gasteiger charge is 2.03. The standard InChI is InChI=1S/C10H14N4OS/c1-3-11-10(16)13-12-6-8-4-5-9(15)7-14(8)2/h4-7H,3H2,1-2H3,(H2,11,15,16)/p+1. The fourth-order valence-corrected chi connectivity index (χ4v) is 1.29. The molecule has 0 fully saturated rings. The van der Waals surface area contributed by atoms with Gasteiger partial charge in [-0.3, -0.25) is 5.43 Å². The minimum atomic E-state index is 0.218. The van der Waals surface area contributed by atoms with E-state index in [1.54, 1.807) is 29.1 Å². The molecule has 16 heavy (non-hydrogen) atoms. The summed E-state index contributed by atoms with van der Waals surface area (Å²) >= 11 is 4.94. The molecule has 0 unspecified atom stereocenters. The number of thiocarbonyl (C=S) groups is 1. The van der Waals surface area contributed by atoms with E-state index in [2.05, 4.69) is 15.8 Å². The molecule has 0 radical (unpaired) electrons. The van der Waals surface area contributed by atoms with Crippen molar-refractivity contribution in [3.05, 3.63) is 24.0 Å². The van der Waals surface area contributed by atoms with Gasteiger partial charge < -0.3 is 10.4 Å². The molecule has 3 N–H and O–H groups in total. The Kier molecular flexibility index (Phi) is 4.65. The van der Waals surface area contributed by atoms with Crippen LogP contribution in [-0.2, 0) is 7.05 Å². The first kappa shape index (κ1) is 12.4. The number of nitrogens with zero attached hydrogens (tertiary/aromatic N) is 2. The van der Waals surface area contributed by atoms with Crippen molar-refractivity contribution in [1.29, 1.82) is 0 Å². The predicted octanol–water partition coefficient (Wildman–Crippen LogP) is 0.0346. The van der Waals surface area contributed by atoms with Crippen LogP contribution in [0.4, 0.5) is 0 Å². The number of rotatable bonds is 3. The maximum atomic E-state index is 9.21. The van der Waals surface area contributed by atoms with Gasteiger partial charge in [0.15, 0.2) is 10.9 Å². The second-order valence-electron chi connectivity index (χ2n) is 3.15. The lowest BCUT2D eigenvalue weighted by Gasteiger charge is -2.02. The van der Waals surface area contributed by atoms with Crippen molar-refractivity contribution in [1.82, 2.24) is 10.7 Å². The number of hydrogen-bond donors (Lipinski definition) is 3. The van der Waals surface area contributed by atoms with Gasteiger partial charge in [-0.25, -0.2) is 0 Å². The first-order valence-electron chi connectivity index (χ1n) is 4.89. The van der Waals surface area contributed by atoms with Gasteiger partial charge in [-0.1, -0.05) is 0 Å². The van der Waals surface area contributed by atoms with Gasteiger partial charge >= 0.3 is 0 Å². The van der Waals surface area contributed by atoms with Gasteiger partial charge in [0.2, 0.25) is 11.9 Å². The van der Waals surface area contributed by atoms with E-state index in [4.69, 9.17) is 12.2 Å². The van der Waals surface area contributed by atoms with E-state index in [0.29, 0.717) is 5.11 Å². The van der Waals surface area contributed by atoms with E-state index in [0.717, 1.165) is 12.2 Å². The van der Waals surface area contributed by atoms with E-state index in [1.807, 2.05) is 14.0 Å². The summed E-state index contributed by atoms with van der Waals surface area (Å²) in [4.78, 5) is 0. The molecule has 1 aromatic rings. The number of aromatic nitrogens is 1. The molecule has 0 saturated carbocycles. The normalized spacial score (nSPS) is 10.4. The number of pyridine rings is 1. The lowest BCUT2D eigenvalue weighted by atomic mass is 10.3. The van der Waals surface area contributed by atoms with Crippen LogP contribution in [0.3, 0.4) is 0 Å². The third kappa shape index (κ3) is 3.82. The Morgan fingerprint density at radius 1 is 1.62 bits per heavy atom. The van der Waals surface area contributed by atoms with Crippen LogP contribution in [-0.4, -0.2) is 23.0 Å². The SMILES string of the molecule is CCNC(=S)NN=Cc1ccc(O)c[n+]1C. The summed E-state index contributed by atoms with van der Waals surface area (Å²) in [5.74, 6) is 0.218. The Labute approximate surface area is 99.8 Å². The molecular weight excluding hydrogens is 224 g/mol. The van der Waals surface area contributed by atoms with Crippen LogP contribution in [0.5, 0.6) is 5.75 Å². The van der Waals surface area contributed by atoms with Crippen molar-refractivity contribution >= 4 is 23.5 Å². The van der Waals surface area contributed by atoms with Crippen LogP contribution in [0.2, 0.25) is 0 Å². The maximum Gasteiger partial charge on any atom is 0.225 e. The summed E-state index contributed by atoms with van der Waals surface area (Å²) in [6.45, 7) is 2.71.